The van der Waals surface area contributed by atoms with E-state index in [0.717, 1.165) is 6.42 Å². The minimum atomic E-state index is -0.602. The van der Waals surface area contributed by atoms with Gasteiger partial charge in [-0.2, -0.15) is 0 Å². The molecule has 0 aliphatic carbocycles. The first kappa shape index (κ1) is 21.2. The molecule has 1 aromatic carbocycles. The third-order valence-electron chi connectivity index (χ3n) is 4.71. The number of amides is 1. The van der Waals surface area contributed by atoms with Crippen LogP contribution in [0.25, 0.3) is 0 Å². The summed E-state index contributed by atoms with van der Waals surface area (Å²) in [5, 5.41) is 15.1. The van der Waals surface area contributed by atoms with Gasteiger partial charge in [0.05, 0.1) is 6.61 Å². The molecule has 0 bridgehead atoms. The minimum absolute atomic E-state index is 0. The highest BCUT2D eigenvalue weighted by molar-refractivity contribution is 5.95. The van der Waals surface area contributed by atoms with E-state index >= 15 is 0 Å². The third kappa shape index (κ3) is 5.42. The highest BCUT2D eigenvalue weighted by Gasteiger charge is 2.26. The van der Waals surface area contributed by atoms with E-state index in [9.17, 15) is 9.59 Å². The number of nitrogens with one attached hydrogen (secondary N) is 2. The smallest absolute Gasteiger partial charge is 0.349 e. The molecule has 27 heavy (non-hydrogen) atoms. The van der Waals surface area contributed by atoms with E-state index in [1.54, 1.807) is 13.0 Å². The Labute approximate surface area is 164 Å². The van der Waals surface area contributed by atoms with Gasteiger partial charge >= 0.3 is 5.63 Å². The maximum Gasteiger partial charge on any atom is 0.349 e. The summed E-state index contributed by atoms with van der Waals surface area (Å²) < 4.78 is 5.37. The molecule has 0 spiro atoms. The van der Waals surface area contributed by atoms with Crippen LogP contribution in [0.15, 0.2) is 45.6 Å². The first-order valence-corrected chi connectivity index (χ1v) is 8.89. The predicted molar refractivity (Wildman–Crippen MR) is 106 cm³/mol. The van der Waals surface area contributed by atoms with Crippen molar-refractivity contribution in [1.29, 1.82) is 0 Å². The molecule has 2 heterocycles. The third-order valence-corrected chi connectivity index (χ3v) is 4.71. The summed E-state index contributed by atoms with van der Waals surface area (Å²) in [6.07, 6.45) is 2.01. The van der Waals surface area contributed by atoms with Gasteiger partial charge in [-0.1, -0.05) is 30.3 Å². The summed E-state index contributed by atoms with van der Waals surface area (Å²) in [7, 11) is 0. The molecule has 1 aliphatic heterocycles. The highest BCUT2D eigenvalue weighted by Crippen LogP contribution is 2.12. The van der Waals surface area contributed by atoms with E-state index in [2.05, 4.69) is 10.6 Å². The van der Waals surface area contributed by atoms with Gasteiger partial charge in [0.2, 0.25) is 0 Å². The number of aryl methyl sites for hydroxylation is 3. The lowest BCUT2D eigenvalue weighted by Gasteiger charge is -2.13. The number of benzene rings is 1. The van der Waals surface area contributed by atoms with E-state index in [-0.39, 0.29) is 36.7 Å². The predicted octanol–water partition coefficient (Wildman–Crippen LogP) is 1.61. The van der Waals surface area contributed by atoms with Crippen LogP contribution in [-0.4, -0.2) is 36.2 Å². The van der Waals surface area contributed by atoms with Gasteiger partial charge in [-0.3, -0.25) is 4.79 Å². The lowest BCUT2D eigenvalue weighted by atomic mass is 10.1. The fourth-order valence-electron chi connectivity index (χ4n) is 3.31. The number of hydrogen-bond donors (Lipinski definition) is 3. The van der Waals surface area contributed by atoms with Crippen molar-refractivity contribution in [2.24, 2.45) is 0 Å². The van der Waals surface area contributed by atoms with E-state index in [1.165, 1.54) is 5.56 Å². The number of carbonyl (C=O) groups excluding carboxylic acids is 1. The summed E-state index contributed by atoms with van der Waals surface area (Å²) in [5.41, 5.74) is 1.24. The van der Waals surface area contributed by atoms with Crippen LogP contribution in [0.1, 0.15) is 33.7 Å². The van der Waals surface area contributed by atoms with Crippen molar-refractivity contribution in [3.63, 3.8) is 0 Å². The molecule has 0 saturated carbocycles. The van der Waals surface area contributed by atoms with Crippen molar-refractivity contribution in [3.05, 3.63) is 69.3 Å². The molecule has 3 rings (SSSR count). The Morgan fingerprint density at radius 3 is 2.67 bits per heavy atom. The Morgan fingerprint density at radius 2 is 2.04 bits per heavy atom. The Kier molecular flexibility index (Phi) is 7.59. The average Bonchev–Trinajstić information content (AvgIpc) is 3.08. The van der Waals surface area contributed by atoms with Crippen LogP contribution in [0, 0.1) is 6.92 Å². The fraction of sp³-hybridized carbons (Fsp3) is 0.400. The van der Waals surface area contributed by atoms with Gasteiger partial charge in [-0.25, -0.2) is 4.79 Å². The number of carbonyl (C=O) groups is 1. The monoisotopic (exact) mass is 392 g/mol. The molecular weight excluding hydrogens is 368 g/mol. The Hall–Kier alpha value is -2.15. The second-order valence-electron chi connectivity index (χ2n) is 6.74. The van der Waals surface area contributed by atoms with Gasteiger partial charge in [0, 0.05) is 25.0 Å². The highest BCUT2D eigenvalue weighted by atomic mass is 35.5. The SMILES string of the molecule is Cc1cc(CCc2ccccc2)oc(=O)c1C(=O)N[C@@H]1CN[C@@H](CO)C1.Cl. The van der Waals surface area contributed by atoms with Crippen molar-refractivity contribution in [1.82, 2.24) is 10.6 Å². The van der Waals surface area contributed by atoms with Crippen LogP contribution < -0.4 is 16.3 Å². The number of rotatable bonds is 6. The molecule has 146 valence electrons. The molecule has 0 radical (unpaired) electrons. The van der Waals surface area contributed by atoms with Crippen LogP contribution in [0.5, 0.6) is 0 Å². The summed E-state index contributed by atoms with van der Waals surface area (Å²) in [5.74, 6) is 0.159. The quantitative estimate of drug-likeness (QED) is 0.694. The minimum Gasteiger partial charge on any atom is -0.427 e. The average molecular weight is 393 g/mol. The normalized spacial score (nSPS) is 18.7. The number of hydrogen-bond acceptors (Lipinski definition) is 5. The van der Waals surface area contributed by atoms with Crippen molar-refractivity contribution in [3.8, 4) is 0 Å². The summed E-state index contributed by atoms with van der Waals surface area (Å²) >= 11 is 0. The van der Waals surface area contributed by atoms with E-state index < -0.39 is 11.5 Å². The first-order valence-electron chi connectivity index (χ1n) is 8.89. The molecule has 6 nitrogen and oxygen atoms in total. The molecule has 1 amide bonds. The number of aliphatic hydroxyl groups is 1. The van der Waals surface area contributed by atoms with Crippen LogP contribution in [0.3, 0.4) is 0 Å². The maximum atomic E-state index is 12.5. The van der Waals surface area contributed by atoms with Crippen LogP contribution in [-0.2, 0) is 12.8 Å². The molecule has 7 heteroatoms. The Bertz CT molecular complexity index is 822. The van der Waals surface area contributed by atoms with Crippen LogP contribution >= 0.6 is 12.4 Å². The summed E-state index contributed by atoms with van der Waals surface area (Å²) in [4.78, 5) is 24.8. The van der Waals surface area contributed by atoms with Gasteiger partial charge in [0.1, 0.15) is 11.3 Å². The largest absolute Gasteiger partial charge is 0.427 e. The lowest BCUT2D eigenvalue weighted by molar-refractivity contribution is 0.0934. The second kappa shape index (κ2) is 9.69. The topological polar surface area (TPSA) is 91.6 Å². The Morgan fingerprint density at radius 1 is 1.30 bits per heavy atom. The zero-order valence-corrected chi connectivity index (χ0v) is 16.1. The first-order chi connectivity index (χ1) is 12.6. The van der Waals surface area contributed by atoms with Crippen molar-refractivity contribution < 1.29 is 14.3 Å². The maximum absolute atomic E-state index is 12.5. The summed E-state index contributed by atoms with van der Waals surface area (Å²) in [6, 6.07) is 11.6. The second-order valence-corrected chi connectivity index (χ2v) is 6.74. The van der Waals surface area contributed by atoms with Crippen molar-refractivity contribution >= 4 is 18.3 Å². The molecule has 1 fully saturated rings. The molecule has 1 aliphatic rings. The van der Waals surface area contributed by atoms with E-state index in [1.807, 2.05) is 30.3 Å². The Balaban J connectivity index is 0.00000261. The molecule has 1 saturated heterocycles. The van der Waals surface area contributed by atoms with Crippen molar-refractivity contribution in [2.45, 2.75) is 38.3 Å². The molecule has 3 N–H and O–H groups in total. The van der Waals surface area contributed by atoms with Gasteiger partial charge in [-0.15, -0.1) is 12.4 Å². The van der Waals surface area contributed by atoms with Crippen LogP contribution in [0.2, 0.25) is 0 Å². The number of halogens is 1. The van der Waals surface area contributed by atoms with E-state index in [0.29, 0.717) is 30.7 Å². The fourth-order valence-corrected chi connectivity index (χ4v) is 3.31. The standard InChI is InChI=1S/C20H24N2O4.ClH/c1-13-9-17(8-7-14-5-3-2-4-6-14)26-20(25)18(13)19(24)22-15-10-16(12-23)21-11-15;/h2-6,9,15-16,21,23H,7-8,10-12H2,1H3,(H,22,24);1H/t15-,16+;/m0./s1. The van der Waals surface area contributed by atoms with Gasteiger partial charge < -0.3 is 20.2 Å². The van der Waals surface area contributed by atoms with Crippen LogP contribution in [0.4, 0.5) is 0 Å². The van der Waals surface area contributed by atoms with Crippen molar-refractivity contribution in [2.75, 3.05) is 13.2 Å². The van der Waals surface area contributed by atoms with Gasteiger partial charge in [-0.05, 0) is 37.0 Å². The van der Waals surface area contributed by atoms with E-state index in [4.69, 9.17) is 9.52 Å². The zero-order valence-electron chi connectivity index (χ0n) is 15.2. The number of aliphatic hydroxyl groups excluding tert-OH is 1. The molecule has 2 atom stereocenters. The lowest BCUT2D eigenvalue weighted by Crippen LogP contribution is -2.38. The molecule has 0 unspecified atom stereocenters. The van der Waals surface area contributed by atoms with Gasteiger partial charge in [0.25, 0.3) is 5.91 Å². The zero-order chi connectivity index (χ0) is 18.5. The molecular formula is C20H25ClN2O4. The van der Waals surface area contributed by atoms with Gasteiger partial charge in [0.15, 0.2) is 0 Å². The molecule has 1 aromatic heterocycles. The summed E-state index contributed by atoms with van der Waals surface area (Å²) in [6.45, 7) is 2.36. The molecule has 2 aromatic rings.